The van der Waals surface area contributed by atoms with Crippen LogP contribution in [0.4, 0.5) is 10.6 Å². The van der Waals surface area contributed by atoms with E-state index in [-0.39, 0.29) is 12.0 Å². The minimum absolute atomic E-state index is 0.0506. The second-order valence-corrected chi connectivity index (χ2v) is 7.39. The van der Waals surface area contributed by atoms with Crippen molar-refractivity contribution in [2.24, 2.45) is 0 Å². The van der Waals surface area contributed by atoms with Crippen LogP contribution in [0.3, 0.4) is 0 Å². The molecule has 2 N–H and O–H groups in total. The van der Waals surface area contributed by atoms with Gasteiger partial charge in [-0.2, -0.15) is 0 Å². The number of hydrogen-bond acceptors (Lipinski definition) is 4. The van der Waals surface area contributed by atoms with Gasteiger partial charge in [0.15, 0.2) is 11.6 Å². The van der Waals surface area contributed by atoms with Gasteiger partial charge in [0.25, 0.3) is 0 Å². The number of urea groups is 1. The SMILES string of the molecule is CC(C)Oc1cccnc1NC(=O)N[C@@H](Cc1ccccc1)C(=O)N1CCCC1. The van der Waals surface area contributed by atoms with E-state index >= 15 is 0 Å². The predicted molar refractivity (Wildman–Crippen MR) is 112 cm³/mol. The Kier molecular flexibility index (Phi) is 7.05. The second-order valence-electron chi connectivity index (χ2n) is 7.39. The monoisotopic (exact) mass is 396 g/mol. The van der Waals surface area contributed by atoms with Gasteiger partial charge in [0, 0.05) is 25.7 Å². The molecule has 1 saturated heterocycles. The van der Waals surface area contributed by atoms with Crippen LogP contribution in [-0.2, 0) is 11.2 Å². The Labute approximate surface area is 171 Å². The molecule has 1 aromatic heterocycles. The molecule has 2 aromatic rings. The molecule has 0 aliphatic carbocycles. The molecule has 2 heterocycles. The van der Waals surface area contributed by atoms with E-state index in [1.165, 1.54) is 0 Å². The summed E-state index contributed by atoms with van der Waals surface area (Å²) in [6.45, 7) is 5.28. The quantitative estimate of drug-likeness (QED) is 0.753. The molecule has 1 fully saturated rings. The highest BCUT2D eigenvalue weighted by Gasteiger charge is 2.28. The number of aromatic nitrogens is 1. The van der Waals surface area contributed by atoms with Crippen molar-refractivity contribution in [1.29, 1.82) is 0 Å². The predicted octanol–water partition coefficient (Wildman–Crippen LogP) is 3.22. The first-order valence-electron chi connectivity index (χ1n) is 10.0. The van der Waals surface area contributed by atoms with Crippen LogP contribution >= 0.6 is 0 Å². The van der Waals surface area contributed by atoms with Gasteiger partial charge < -0.3 is 15.0 Å². The Hall–Kier alpha value is -3.09. The molecule has 29 heavy (non-hydrogen) atoms. The van der Waals surface area contributed by atoms with Crippen molar-refractivity contribution in [2.45, 2.75) is 45.3 Å². The number of carbonyl (C=O) groups is 2. The molecule has 1 aliphatic heterocycles. The fourth-order valence-electron chi connectivity index (χ4n) is 3.34. The summed E-state index contributed by atoms with van der Waals surface area (Å²) in [6.07, 6.45) is 3.96. The number of amides is 3. The van der Waals surface area contributed by atoms with Crippen molar-refractivity contribution in [3.8, 4) is 5.75 Å². The average Bonchev–Trinajstić information content (AvgIpc) is 3.24. The summed E-state index contributed by atoms with van der Waals surface area (Å²) in [5.74, 6) is 0.759. The zero-order valence-corrected chi connectivity index (χ0v) is 16.9. The van der Waals surface area contributed by atoms with Crippen molar-refractivity contribution in [1.82, 2.24) is 15.2 Å². The van der Waals surface area contributed by atoms with Gasteiger partial charge in [-0.25, -0.2) is 9.78 Å². The number of benzene rings is 1. The summed E-state index contributed by atoms with van der Waals surface area (Å²) in [5, 5.41) is 5.56. The van der Waals surface area contributed by atoms with Crippen LogP contribution in [0, 0.1) is 0 Å². The number of anilines is 1. The molecule has 3 rings (SSSR count). The van der Waals surface area contributed by atoms with Crippen molar-refractivity contribution in [3.05, 3.63) is 54.2 Å². The topological polar surface area (TPSA) is 83.6 Å². The number of likely N-dealkylation sites (tertiary alicyclic amines) is 1. The molecule has 1 atom stereocenters. The van der Waals surface area contributed by atoms with Gasteiger partial charge in [0.2, 0.25) is 5.91 Å². The summed E-state index contributed by atoms with van der Waals surface area (Å²) in [6, 6.07) is 12.1. The first kappa shape index (κ1) is 20.6. The molecular formula is C22H28N4O3. The highest BCUT2D eigenvalue weighted by atomic mass is 16.5. The Morgan fingerprint density at radius 2 is 1.83 bits per heavy atom. The minimum Gasteiger partial charge on any atom is -0.487 e. The van der Waals surface area contributed by atoms with Gasteiger partial charge >= 0.3 is 6.03 Å². The van der Waals surface area contributed by atoms with E-state index in [1.54, 1.807) is 18.3 Å². The van der Waals surface area contributed by atoms with Gasteiger partial charge in [0.05, 0.1) is 6.10 Å². The molecule has 0 bridgehead atoms. The summed E-state index contributed by atoms with van der Waals surface area (Å²) < 4.78 is 5.70. The van der Waals surface area contributed by atoms with E-state index in [2.05, 4.69) is 15.6 Å². The Balaban J connectivity index is 1.71. The Bertz CT molecular complexity index is 820. The van der Waals surface area contributed by atoms with E-state index in [4.69, 9.17) is 4.74 Å². The number of carbonyl (C=O) groups excluding carboxylic acids is 2. The number of nitrogens with one attached hydrogen (secondary N) is 2. The Morgan fingerprint density at radius 3 is 2.52 bits per heavy atom. The highest BCUT2D eigenvalue weighted by Crippen LogP contribution is 2.22. The van der Waals surface area contributed by atoms with Crippen LogP contribution in [0.25, 0.3) is 0 Å². The summed E-state index contributed by atoms with van der Waals surface area (Å²) in [5.41, 5.74) is 0.993. The van der Waals surface area contributed by atoms with Crippen molar-refractivity contribution >= 4 is 17.8 Å². The van der Waals surface area contributed by atoms with E-state index in [9.17, 15) is 9.59 Å². The number of hydrogen-bond donors (Lipinski definition) is 2. The lowest BCUT2D eigenvalue weighted by molar-refractivity contribution is -0.132. The van der Waals surface area contributed by atoms with Crippen LogP contribution in [0.5, 0.6) is 5.75 Å². The number of ether oxygens (including phenoxy) is 1. The third-order valence-corrected chi connectivity index (χ3v) is 4.67. The average molecular weight is 396 g/mol. The molecule has 1 aromatic carbocycles. The van der Waals surface area contributed by atoms with Gasteiger partial charge in [-0.15, -0.1) is 0 Å². The zero-order valence-electron chi connectivity index (χ0n) is 16.9. The molecule has 3 amide bonds. The third-order valence-electron chi connectivity index (χ3n) is 4.67. The molecule has 154 valence electrons. The lowest BCUT2D eigenvalue weighted by atomic mass is 10.0. The van der Waals surface area contributed by atoms with Gasteiger partial charge in [0.1, 0.15) is 6.04 Å². The molecule has 0 unspecified atom stereocenters. The zero-order chi connectivity index (χ0) is 20.6. The highest BCUT2D eigenvalue weighted by molar-refractivity contribution is 5.94. The fourth-order valence-corrected chi connectivity index (χ4v) is 3.34. The van der Waals surface area contributed by atoms with Gasteiger partial charge in [-0.3, -0.25) is 10.1 Å². The maximum atomic E-state index is 13.0. The van der Waals surface area contributed by atoms with Gasteiger partial charge in [-0.1, -0.05) is 30.3 Å². The number of rotatable bonds is 7. The normalized spacial score (nSPS) is 14.5. The Morgan fingerprint density at radius 1 is 1.10 bits per heavy atom. The summed E-state index contributed by atoms with van der Waals surface area (Å²) in [7, 11) is 0. The lowest BCUT2D eigenvalue weighted by Gasteiger charge is -2.24. The van der Waals surface area contributed by atoms with E-state index in [1.807, 2.05) is 49.1 Å². The van der Waals surface area contributed by atoms with Crippen molar-refractivity contribution in [2.75, 3.05) is 18.4 Å². The van der Waals surface area contributed by atoms with E-state index in [0.29, 0.717) is 18.0 Å². The molecule has 7 nitrogen and oxygen atoms in total. The van der Waals surface area contributed by atoms with Crippen molar-refractivity contribution in [3.63, 3.8) is 0 Å². The molecular weight excluding hydrogens is 368 g/mol. The maximum Gasteiger partial charge on any atom is 0.321 e. The smallest absolute Gasteiger partial charge is 0.321 e. The number of nitrogens with zero attached hydrogens (tertiary/aromatic N) is 2. The number of pyridine rings is 1. The standard InChI is InChI=1S/C22H28N4O3/c1-16(2)29-19-11-8-12-23-20(19)25-22(28)24-18(15-17-9-4-3-5-10-17)21(27)26-13-6-7-14-26/h3-5,8-12,16,18H,6-7,13-15H2,1-2H3,(H2,23,24,25,28)/t18-/m0/s1. The van der Waals surface area contributed by atoms with Gasteiger partial charge in [-0.05, 0) is 44.4 Å². The third kappa shape index (κ3) is 5.94. The molecule has 0 saturated carbocycles. The molecule has 1 aliphatic rings. The lowest BCUT2D eigenvalue weighted by Crippen LogP contribution is -2.50. The van der Waals surface area contributed by atoms with Crippen LogP contribution < -0.4 is 15.4 Å². The molecule has 0 radical (unpaired) electrons. The van der Waals surface area contributed by atoms with E-state index < -0.39 is 12.1 Å². The summed E-state index contributed by atoms with van der Waals surface area (Å²) in [4.78, 5) is 31.7. The first-order chi connectivity index (χ1) is 14.0. The second kappa shape index (κ2) is 9.91. The summed E-state index contributed by atoms with van der Waals surface area (Å²) >= 11 is 0. The van der Waals surface area contributed by atoms with E-state index in [0.717, 1.165) is 31.5 Å². The van der Waals surface area contributed by atoms with Crippen LogP contribution in [0.15, 0.2) is 48.7 Å². The molecule has 7 heteroatoms. The van der Waals surface area contributed by atoms with Crippen LogP contribution in [0.1, 0.15) is 32.3 Å². The fraction of sp³-hybridized carbons (Fsp3) is 0.409. The maximum absolute atomic E-state index is 13.0. The molecule has 0 spiro atoms. The minimum atomic E-state index is -0.645. The first-order valence-corrected chi connectivity index (χ1v) is 10.0. The van der Waals surface area contributed by atoms with Crippen LogP contribution in [-0.4, -0.2) is 47.1 Å². The van der Waals surface area contributed by atoms with Crippen molar-refractivity contribution < 1.29 is 14.3 Å². The largest absolute Gasteiger partial charge is 0.487 e. The van der Waals surface area contributed by atoms with Crippen LogP contribution in [0.2, 0.25) is 0 Å².